The third-order valence-corrected chi connectivity index (χ3v) is 4.37. The van der Waals surface area contributed by atoms with Gasteiger partial charge in [-0.1, -0.05) is 0 Å². The van der Waals surface area contributed by atoms with Gasteiger partial charge in [0, 0.05) is 36.7 Å². The van der Waals surface area contributed by atoms with Crippen molar-refractivity contribution >= 4 is 22.4 Å². The average Bonchev–Trinajstić information content (AvgIpc) is 3.26. The maximum atomic E-state index is 4.72. The minimum atomic E-state index is 0.664. The van der Waals surface area contributed by atoms with Crippen LogP contribution in [0.1, 0.15) is 12.7 Å². The van der Waals surface area contributed by atoms with E-state index in [2.05, 4.69) is 31.0 Å². The molecule has 22 heavy (non-hydrogen) atoms. The number of thiazole rings is 1. The fraction of sp³-hybridized carbons (Fsp3) is 0.200. The molecule has 0 aliphatic carbocycles. The summed E-state index contributed by atoms with van der Waals surface area (Å²) in [4.78, 5) is 17.6. The molecular formula is C15H14N6S. The van der Waals surface area contributed by atoms with Crippen LogP contribution in [0.2, 0.25) is 0 Å². The molecule has 0 bridgehead atoms. The van der Waals surface area contributed by atoms with Crippen molar-refractivity contribution in [1.29, 1.82) is 0 Å². The summed E-state index contributed by atoms with van der Waals surface area (Å²) in [6, 6.07) is 2.00. The minimum absolute atomic E-state index is 0.664. The normalized spacial score (nSPS) is 11.3. The maximum absolute atomic E-state index is 4.72. The zero-order chi connectivity index (χ0) is 14.9. The van der Waals surface area contributed by atoms with Crippen molar-refractivity contribution in [1.82, 2.24) is 29.1 Å². The van der Waals surface area contributed by atoms with E-state index in [9.17, 15) is 0 Å². The molecule has 4 aromatic heterocycles. The second kappa shape index (κ2) is 5.34. The molecule has 0 N–H and O–H groups in total. The van der Waals surface area contributed by atoms with E-state index >= 15 is 0 Å². The number of aryl methyl sites for hydroxylation is 1. The number of rotatable bonds is 4. The molecule has 0 atom stereocenters. The first kappa shape index (κ1) is 13.1. The minimum Gasteiger partial charge on any atom is -0.327 e. The van der Waals surface area contributed by atoms with Crippen molar-refractivity contribution < 1.29 is 0 Å². The molecule has 6 nitrogen and oxygen atoms in total. The number of nitrogens with zero attached hydrogens (tertiary/aromatic N) is 6. The molecule has 0 spiro atoms. The number of aromatic nitrogens is 6. The number of imidazole rings is 2. The van der Waals surface area contributed by atoms with Crippen LogP contribution in [-0.2, 0) is 13.1 Å². The first-order valence-corrected chi connectivity index (χ1v) is 7.95. The summed E-state index contributed by atoms with van der Waals surface area (Å²) in [7, 11) is 0. The highest BCUT2D eigenvalue weighted by atomic mass is 32.1. The van der Waals surface area contributed by atoms with Crippen molar-refractivity contribution in [2.75, 3.05) is 0 Å². The van der Waals surface area contributed by atoms with Gasteiger partial charge in [0.15, 0.2) is 10.8 Å². The number of hydrogen-bond acceptors (Lipinski definition) is 5. The fourth-order valence-corrected chi connectivity index (χ4v) is 3.27. The van der Waals surface area contributed by atoms with Gasteiger partial charge in [0.05, 0.1) is 18.3 Å². The lowest BCUT2D eigenvalue weighted by Crippen LogP contribution is -2.08. The first-order valence-electron chi connectivity index (χ1n) is 7.07. The van der Waals surface area contributed by atoms with Crippen LogP contribution in [0.5, 0.6) is 0 Å². The van der Waals surface area contributed by atoms with Gasteiger partial charge >= 0.3 is 0 Å². The van der Waals surface area contributed by atoms with E-state index in [1.807, 2.05) is 17.6 Å². The second-order valence-corrected chi connectivity index (χ2v) is 5.75. The topological polar surface area (TPSA) is 61.4 Å². The van der Waals surface area contributed by atoms with Crippen LogP contribution >= 0.6 is 11.3 Å². The Morgan fingerprint density at radius 1 is 1.18 bits per heavy atom. The average molecular weight is 310 g/mol. The Labute approximate surface area is 131 Å². The van der Waals surface area contributed by atoms with Gasteiger partial charge in [-0.3, -0.25) is 4.98 Å². The summed E-state index contributed by atoms with van der Waals surface area (Å²) in [6.07, 6.45) is 9.18. The van der Waals surface area contributed by atoms with Crippen molar-refractivity contribution in [2.24, 2.45) is 0 Å². The summed E-state index contributed by atoms with van der Waals surface area (Å²) in [5, 5.41) is 2.88. The summed E-state index contributed by atoms with van der Waals surface area (Å²) in [6.45, 7) is 3.66. The third-order valence-electron chi connectivity index (χ3n) is 3.60. The van der Waals surface area contributed by atoms with Gasteiger partial charge in [-0.05, 0) is 13.0 Å². The Bertz CT molecular complexity index is 905. The summed E-state index contributed by atoms with van der Waals surface area (Å²) < 4.78 is 4.29. The molecule has 0 aliphatic heterocycles. The molecule has 4 heterocycles. The van der Waals surface area contributed by atoms with Crippen molar-refractivity contribution in [3.05, 3.63) is 48.3 Å². The molecule has 0 saturated carbocycles. The van der Waals surface area contributed by atoms with E-state index in [0.29, 0.717) is 6.54 Å². The van der Waals surface area contributed by atoms with E-state index in [1.54, 1.807) is 36.1 Å². The summed E-state index contributed by atoms with van der Waals surface area (Å²) >= 11 is 1.59. The van der Waals surface area contributed by atoms with Crippen molar-refractivity contribution in [3.63, 3.8) is 0 Å². The quantitative estimate of drug-likeness (QED) is 0.581. The van der Waals surface area contributed by atoms with E-state index < -0.39 is 0 Å². The molecule has 0 unspecified atom stereocenters. The Hall–Kier alpha value is -2.54. The van der Waals surface area contributed by atoms with Crippen LogP contribution in [0.15, 0.2) is 42.4 Å². The SMILES string of the molecule is CCn1c(Cn2ccnc2-c2nccs2)nc2cnccc21. The molecule has 4 rings (SSSR count). The van der Waals surface area contributed by atoms with Crippen LogP contribution in [-0.4, -0.2) is 29.1 Å². The zero-order valence-electron chi connectivity index (χ0n) is 12.0. The molecule has 4 aromatic rings. The fourth-order valence-electron chi connectivity index (χ4n) is 2.63. The van der Waals surface area contributed by atoms with Gasteiger partial charge in [-0.15, -0.1) is 11.3 Å². The van der Waals surface area contributed by atoms with Gasteiger partial charge in [0.1, 0.15) is 11.3 Å². The highest BCUT2D eigenvalue weighted by molar-refractivity contribution is 7.13. The van der Waals surface area contributed by atoms with E-state index in [1.165, 1.54) is 0 Å². The Morgan fingerprint density at radius 2 is 2.14 bits per heavy atom. The van der Waals surface area contributed by atoms with Crippen molar-refractivity contribution in [2.45, 2.75) is 20.0 Å². The predicted octanol–water partition coefficient (Wildman–Crippen LogP) is 2.82. The zero-order valence-corrected chi connectivity index (χ0v) is 12.9. The van der Waals surface area contributed by atoms with Crippen LogP contribution < -0.4 is 0 Å². The summed E-state index contributed by atoms with van der Waals surface area (Å²) in [5.74, 6) is 1.88. The van der Waals surface area contributed by atoms with Gasteiger partial charge in [0.2, 0.25) is 0 Å². The molecular weight excluding hydrogens is 296 g/mol. The lowest BCUT2D eigenvalue weighted by Gasteiger charge is -2.08. The van der Waals surface area contributed by atoms with Crippen LogP contribution in [0.3, 0.4) is 0 Å². The molecule has 0 amide bonds. The van der Waals surface area contributed by atoms with Crippen molar-refractivity contribution in [3.8, 4) is 10.8 Å². The Kier molecular flexibility index (Phi) is 3.19. The Morgan fingerprint density at radius 3 is 2.95 bits per heavy atom. The standard InChI is InChI=1S/C15H14N6S/c1-2-21-12-3-4-16-9-11(12)19-13(21)10-20-7-5-17-14(20)15-18-6-8-22-15/h3-9H,2,10H2,1H3. The van der Waals surface area contributed by atoms with Crippen LogP contribution in [0.4, 0.5) is 0 Å². The summed E-state index contributed by atoms with van der Waals surface area (Å²) in [5.41, 5.74) is 2.04. The molecule has 0 saturated heterocycles. The van der Waals surface area contributed by atoms with E-state index in [-0.39, 0.29) is 0 Å². The Balaban J connectivity index is 1.77. The van der Waals surface area contributed by atoms with Gasteiger partial charge < -0.3 is 9.13 Å². The lowest BCUT2D eigenvalue weighted by atomic mass is 10.4. The molecule has 110 valence electrons. The maximum Gasteiger partial charge on any atom is 0.169 e. The molecule has 0 radical (unpaired) electrons. The lowest BCUT2D eigenvalue weighted by molar-refractivity contribution is 0.667. The molecule has 0 aliphatic rings. The highest BCUT2D eigenvalue weighted by Crippen LogP contribution is 2.22. The van der Waals surface area contributed by atoms with Gasteiger partial charge in [-0.2, -0.15) is 0 Å². The number of pyridine rings is 1. The van der Waals surface area contributed by atoms with Gasteiger partial charge in [0.25, 0.3) is 0 Å². The number of hydrogen-bond donors (Lipinski definition) is 0. The second-order valence-electron chi connectivity index (χ2n) is 4.85. The number of fused-ring (bicyclic) bond motifs is 1. The highest BCUT2D eigenvalue weighted by Gasteiger charge is 2.13. The van der Waals surface area contributed by atoms with Crippen LogP contribution in [0.25, 0.3) is 21.9 Å². The monoisotopic (exact) mass is 310 g/mol. The third kappa shape index (κ3) is 2.10. The smallest absolute Gasteiger partial charge is 0.169 e. The van der Waals surface area contributed by atoms with E-state index in [0.717, 1.165) is 34.2 Å². The van der Waals surface area contributed by atoms with Gasteiger partial charge in [-0.25, -0.2) is 15.0 Å². The molecule has 0 fully saturated rings. The first-order chi connectivity index (χ1) is 10.9. The largest absolute Gasteiger partial charge is 0.327 e. The molecule has 7 heteroatoms. The van der Waals surface area contributed by atoms with E-state index in [4.69, 9.17) is 4.98 Å². The molecule has 0 aromatic carbocycles. The predicted molar refractivity (Wildman–Crippen MR) is 85.6 cm³/mol. The van der Waals surface area contributed by atoms with Crippen LogP contribution in [0, 0.1) is 0 Å².